The summed E-state index contributed by atoms with van der Waals surface area (Å²) in [4.78, 5) is 0. The molecule has 1 aromatic heterocycles. The summed E-state index contributed by atoms with van der Waals surface area (Å²) in [5.74, 6) is -0.0898. The molecule has 2 aromatic rings. The van der Waals surface area contributed by atoms with Crippen LogP contribution in [0.25, 0.3) is 5.69 Å². The minimum Gasteiger partial charge on any atom is -0.214 e. The fourth-order valence-corrected chi connectivity index (χ4v) is 2.18. The lowest BCUT2D eigenvalue weighted by molar-refractivity contribution is -0.137. The highest BCUT2D eigenvalue weighted by atomic mass is 35.5. The number of nitriles is 1. The van der Waals surface area contributed by atoms with Crippen LogP contribution < -0.4 is 0 Å². The summed E-state index contributed by atoms with van der Waals surface area (Å²) in [5, 5.41) is 16.4. The maximum Gasteiger partial charge on any atom is 0.416 e. The van der Waals surface area contributed by atoms with Gasteiger partial charge >= 0.3 is 6.18 Å². The van der Waals surface area contributed by atoms with E-state index in [9.17, 15) is 13.2 Å². The summed E-state index contributed by atoms with van der Waals surface area (Å²) in [6, 6.07) is 4.86. The van der Waals surface area contributed by atoms with Crippen molar-refractivity contribution in [3.63, 3.8) is 0 Å². The van der Waals surface area contributed by atoms with E-state index in [2.05, 4.69) is 10.3 Å². The monoisotopic (exact) mass is 314 g/mol. The van der Waals surface area contributed by atoms with Gasteiger partial charge in [0.05, 0.1) is 22.0 Å². The molecule has 110 valence electrons. The van der Waals surface area contributed by atoms with Gasteiger partial charge in [0.2, 0.25) is 0 Å². The van der Waals surface area contributed by atoms with Crippen LogP contribution in [0.15, 0.2) is 18.2 Å². The molecule has 0 aliphatic carbocycles. The third-order valence-electron chi connectivity index (χ3n) is 2.86. The number of benzene rings is 1. The molecular weight excluding hydrogens is 305 g/mol. The van der Waals surface area contributed by atoms with Crippen LogP contribution >= 0.6 is 11.6 Å². The predicted molar refractivity (Wildman–Crippen MR) is 70.2 cm³/mol. The first-order valence-corrected chi connectivity index (χ1v) is 6.36. The molecular formula is C13H10ClF3N4. The zero-order chi connectivity index (χ0) is 15.8. The summed E-state index contributed by atoms with van der Waals surface area (Å²) in [6.45, 7) is 3.65. The zero-order valence-corrected chi connectivity index (χ0v) is 11.9. The van der Waals surface area contributed by atoms with Gasteiger partial charge in [-0.3, -0.25) is 0 Å². The van der Waals surface area contributed by atoms with Crippen molar-refractivity contribution in [2.45, 2.75) is 25.9 Å². The van der Waals surface area contributed by atoms with Crippen LogP contribution in [0, 0.1) is 11.3 Å². The molecule has 0 saturated heterocycles. The van der Waals surface area contributed by atoms with Crippen LogP contribution in [0.4, 0.5) is 13.2 Å². The van der Waals surface area contributed by atoms with Crippen molar-refractivity contribution in [3.8, 4) is 11.8 Å². The average molecular weight is 315 g/mol. The van der Waals surface area contributed by atoms with Crippen LogP contribution in [0.2, 0.25) is 5.02 Å². The maximum absolute atomic E-state index is 12.6. The van der Waals surface area contributed by atoms with Gasteiger partial charge < -0.3 is 0 Å². The molecule has 0 fully saturated rings. The molecule has 0 spiro atoms. The number of aromatic nitrogens is 3. The second kappa shape index (κ2) is 5.37. The Morgan fingerprint density at radius 3 is 2.48 bits per heavy atom. The molecule has 0 saturated carbocycles. The lowest BCUT2D eigenvalue weighted by Gasteiger charge is -2.13. The number of hydrogen-bond acceptors (Lipinski definition) is 3. The van der Waals surface area contributed by atoms with Gasteiger partial charge in [0.25, 0.3) is 0 Å². The smallest absolute Gasteiger partial charge is 0.214 e. The van der Waals surface area contributed by atoms with E-state index in [1.807, 2.05) is 19.9 Å². The Labute approximate surface area is 123 Å². The summed E-state index contributed by atoms with van der Waals surface area (Å²) in [5.41, 5.74) is 0.0328. The number of nitrogens with zero attached hydrogens (tertiary/aromatic N) is 4. The highest BCUT2D eigenvalue weighted by molar-refractivity contribution is 6.32. The number of rotatable bonds is 2. The minimum absolute atomic E-state index is 0.0898. The lowest BCUT2D eigenvalue weighted by Crippen LogP contribution is -2.08. The van der Waals surface area contributed by atoms with Crippen LogP contribution in [-0.4, -0.2) is 15.0 Å². The van der Waals surface area contributed by atoms with E-state index in [1.54, 1.807) is 0 Å². The highest BCUT2D eigenvalue weighted by Crippen LogP contribution is 2.34. The van der Waals surface area contributed by atoms with Gasteiger partial charge in [-0.25, -0.2) is 4.68 Å². The topological polar surface area (TPSA) is 54.5 Å². The van der Waals surface area contributed by atoms with Crippen molar-refractivity contribution in [1.82, 2.24) is 15.0 Å². The van der Waals surface area contributed by atoms with Crippen molar-refractivity contribution >= 4 is 11.6 Å². The molecule has 0 aliphatic heterocycles. The van der Waals surface area contributed by atoms with Crippen LogP contribution in [-0.2, 0) is 6.18 Å². The normalized spacial score (nSPS) is 11.7. The molecule has 1 aromatic carbocycles. The largest absolute Gasteiger partial charge is 0.416 e. The number of alkyl halides is 3. The second-order valence-corrected chi connectivity index (χ2v) is 5.07. The first-order chi connectivity index (χ1) is 9.75. The van der Waals surface area contributed by atoms with Crippen molar-refractivity contribution in [3.05, 3.63) is 40.2 Å². The van der Waals surface area contributed by atoms with E-state index in [0.717, 1.165) is 12.1 Å². The molecule has 0 N–H and O–H groups in total. The third kappa shape index (κ3) is 2.85. The maximum atomic E-state index is 12.6. The average Bonchev–Trinajstić information content (AvgIpc) is 2.81. The van der Waals surface area contributed by atoms with Crippen molar-refractivity contribution < 1.29 is 13.2 Å². The summed E-state index contributed by atoms with van der Waals surface area (Å²) >= 11 is 5.93. The quantitative estimate of drug-likeness (QED) is 0.843. The Kier molecular flexibility index (Phi) is 3.92. The molecule has 2 rings (SSSR count). The molecule has 1 heterocycles. The highest BCUT2D eigenvalue weighted by Gasteiger charge is 2.31. The minimum atomic E-state index is -4.47. The van der Waals surface area contributed by atoms with Gasteiger partial charge in [0, 0.05) is 0 Å². The standard InChI is InChI=1S/C13H10ClF3N4/c1-7(2)12-10(6-18)19-20-21(12)11-4-3-8(5-9(11)14)13(15,16)17/h3-5,7H,1-2H3. The molecule has 8 heteroatoms. The molecule has 0 bridgehead atoms. The molecule has 0 radical (unpaired) electrons. The predicted octanol–water partition coefficient (Wildman–Crippen LogP) is 3.93. The van der Waals surface area contributed by atoms with Gasteiger partial charge in [0.15, 0.2) is 5.69 Å². The summed E-state index contributed by atoms with van der Waals surface area (Å²) in [6.07, 6.45) is -4.47. The molecule has 4 nitrogen and oxygen atoms in total. The van der Waals surface area contributed by atoms with E-state index in [4.69, 9.17) is 16.9 Å². The fraction of sp³-hybridized carbons (Fsp3) is 0.308. The van der Waals surface area contributed by atoms with Crippen LogP contribution in [0.3, 0.4) is 0 Å². The van der Waals surface area contributed by atoms with Gasteiger partial charge in [-0.1, -0.05) is 30.7 Å². The van der Waals surface area contributed by atoms with Crippen molar-refractivity contribution in [2.75, 3.05) is 0 Å². The lowest BCUT2D eigenvalue weighted by atomic mass is 10.1. The van der Waals surface area contributed by atoms with E-state index in [1.165, 1.54) is 10.7 Å². The SMILES string of the molecule is CC(C)c1c(C#N)nnn1-c1ccc(C(F)(F)F)cc1Cl. The first kappa shape index (κ1) is 15.3. The van der Waals surface area contributed by atoms with E-state index in [-0.39, 0.29) is 22.3 Å². The second-order valence-electron chi connectivity index (χ2n) is 4.67. The van der Waals surface area contributed by atoms with Crippen molar-refractivity contribution in [1.29, 1.82) is 5.26 Å². The Morgan fingerprint density at radius 2 is 2.00 bits per heavy atom. The summed E-state index contributed by atoms with van der Waals surface area (Å²) in [7, 11) is 0. The van der Waals surface area contributed by atoms with E-state index in [0.29, 0.717) is 5.69 Å². The Balaban J connectivity index is 2.59. The Hall–Kier alpha value is -2.07. The Bertz CT molecular complexity index is 713. The van der Waals surface area contributed by atoms with E-state index >= 15 is 0 Å². The van der Waals surface area contributed by atoms with Gasteiger partial charge in [-0.15, -0.1) is 5.10 Å². The summed E-state index contributed by atoms with van der Waals surface area (Å²) < 4.78 is 39.2. The third-order valence-corrected chi connectivity index (χ3v) is 3.16. The molecule has 0 atom stereocenters. The molecule has 21 heavy (non-hydrogen) atoms. The van der Waals surface area contributed by atoms with E-state index < -0.39 is 11.7 Å². The Morgan fingerprint density at radius 1 is 1.33 bits per heavy atom. The zero-order valence-electron chi connectivity index (χ0n) is 11.1. The van der Waals surface area contributed by atoms with Crippen molar-refractivity contribution in [2.24, 2.45) is 0 Å². The van der Waals surface area contributed by atoms with Gasteiger partial charge in [-0.05, 0) is 24.1 Å². The van der Waals surface area contributed by atoms with Crippen LogP contribution in [0.5, 0.6) is 0 Å². The van der Waals surface area contributed by atoms with Gasteiger partial charge in [-0.2, -0.15) is 18.4 Å². The van der Waals surface area contributed by atoms with Crippen LogP contribution in [0.1, 0.15) is 36.7 Å². The molecule has 0 unspecified atom stereocenters. The number of hydrogen-bond donors (Lipinski definition) is 0. The number of halogens is 4. The fourth-order valence-electron chi connectivity index (χ4n) is 1.92. The van der Waals surface area contributed by atoms with Gasteiger partial charge in [0.1, 0.15) is 6.07 Å². The first-order valence-electron chi connectivity index (χ1n) is 5.98. The molecule has 0 aliphatic rings. The molecule has 0 amide bonds.